The first-order chi connectivity index (χ1) is 9.22. The van der Waals surface area contributed by atoms with Gasteiger partial charge in [-0.3, -0.25) is 0 Å². The molecule has 20 heavy (non-hydrogen) atoms. The third-order valence-corrected chi connectivity index (χ3v) is 1.24. The zero-order valence-electron chi connectivity index (χ0n) is 12.0. The lowest BCUT2D eigenvalue weighted by molar-refractivity contribution is -0.159. The van der Waals surface area contributed by atoms with Crippen LogP contribution in [0.2, 0.25) is 0 Å². The highest BCUT2D eigenvalue weighted by Gasteiger charge is 2.15. The molecule has 0 aliphatic carbocycles. The van der Waals surface area contributed by atoms with Crippen LogP contribution < -0.4 is 0 Å². The molecule has 0 unspecified atom stereocenters. The van der Waals surface area contributed by atoms with Gasteiger partial charge in [-0.1, -0.05) is 11.8 Å². The Bertz CT molecular complexity index is 367. The minimum absolute atomic E-state index is 0.0618. The van der Waals surface area contributed by atoms with Crippen molar-refractivity contribution in [2.45, 2.75) is 26.4 Å². The van der Waals surface area contributed by atoms with Crippen molar-refractivity contribution in [3.8, 4) is 24.7 Å². The van der Waals surface area contributed by atoms with Crippen molar-refractivity contribution in [1.82, 2.24) is 0 Å². The smallest absolute Gasteiger partial charge is 0.332 e. The molecule has 0 fully saturated rings. The molecule has 0 amide bonds. The van der Waals surface area contributed by atoms with Crippen LogP contribution in [0.15, 0.2) is 0 Å². The second-order valence-corrected chi connectivity index (χ2v) is 4.37. The Morgan fingerprint density at radius 1 is 1.05 bits per heavy atom. The van der Waals surface area contributed by atoms with E-state index in [-0.39, 0.29) is 26.4 Å². The molecular formula is C14H20O6. The highest BCUT2D eigenvalue weighted by Crippen LogP contribution is 2.06. The Labute approximate surface area is 119 Å². The summed E-state index contributed by atoms with van der Waals surface area (Å²) in [6, 6.07) is 0. The van der Waals surface area contributed by atoms with E-state index < -0.39 is 17.5 Å². The van der Waals surface area contributed by atoms with Gasteiger partial charge in [-0.15, -0.1) is 12.8 Å². The topological polar surface area (TPSA) is 82.1 Å². The van der Waals surface area contributed by atoms with Crippen molar-refractivity contribution in [1.29, 1.82) is 0 Å². The van der Waals surface area contributed by atoms with E-state index >= 15 is 0 Å². The molecule has 0 saturated heterocycles. The van der Waals surface area contributed by atoms with Crippen LogP contribution >= 0.6 is 0 Å². The Morgan fingerprint density at radius 2 is 1.50 bits per heavy atom. The Balaban J connectivity index is 0. The van der Waals surface area contributed by atoms with E-state index in [0.29, 0.717) is 0 Å². The lowest BCUT2D eigenvalue weighted by Gasteiger charge is -2.19. The van der Waals surface area contributed by atoms with Gasteiger partial charge < -0.3 is 19.3 Å². The highest BCUT2D eigenvalue weighted by atomic mass is 16.6. The maximum Gasteiger partial charge on any atom is 0.332 e. The molecule has 0 spiro atoms. The number of carbonyl (C=O) groups excluding carboxylic acids is 1. The van der Waals surface area contributed by atoms with Crippen molar-refractivity contribution < 1.29 is 28.9 Å². The van der Waals surface area contributed by atoms with E-state index in [0.717, 1.165) is 0 Å². The Kier molecular flexibility index (Phi) is 12.2. The van der Waals surface area contributed by atoms with Gasteiger partial charge in [0.05, 0.1) is 0 Å². The number of rotatable bonds is 6. The summed E-state index contributed by atoms with van der Waals surface area (Å²) in [7, 11) is 0. The van der Waals surface area contributed by atoms with Gasteiger partial charge >= 0.3 is 11.9 Å². The zero-order chi connectivity index (χ0) is 16.0. The van der Waals surface area contributed by atoms with Crippen LogP contribution in [0.4, 0.5) is 0 Å². The number of carbonyl (C=O) groups is 2. The minimum Gasteiger partial charge on any atom is -0.480 e. The summed E-state index contributed by atoms with van der Waals surface area (Å²) in [4.78, 5) is 20.6. The number of carboxylic acids is 1. The minimum atomic E-state index is -1.000. The number of carboxylic acid groups (broad SMARTS) is 1. The van der Waals surface area contributed by atoms with Crippen LogP contribution in [-0.2, 0) is 23.8 Å². The first kappa shape index (κ1) is 20.3. The quantitative estimate of drug-likeness (QED) is 0.439. The normalized spacial score (nSPS) is 9.45. The van der Waals surface area contributed by atoms with E-state index in [1.54, 1.807) is 20.8 Å². The molecule has 1 N–H and O–H groups in total. The molecule has 0 aliphatic rings. The summed E-state index contributed by atoms with van der Waals surface area (Å²) in [5, 5.41) is 7.95. The number of ether oxygens (including phenoxy) is 3. The Morgan fingerprint density at radius 3 is 1.85 bits per heavy atom. The summed E-state index contributed by atoms with van der Waals surface area (Å²) in [6.45, 7) is 5.20. The van der Waals surface area contributed by atoms with E-state index in [1.807, 2.05) is 0 Å². The van der Waals surface area contributed by atoms with Gasteiger partial charge in [0.2, 0.25) is 0 Å². The van der Waals surface area contributed by atoms with Crippen molar-refractivity contribution in [3.05, 3.63) is 0 Å². The maximum atomic E-state index is 10.9. The molecule has 0 aromatic rings. The molecular weight excluding hydrogens is 264 g/mol. The summed E-state index contributed by atoms with van der Waals surface area (Å²) < 4.78 is 14.1. The third kappa shape index (κ3) is 21.3. The van der Waals surface area contributed by atoms with Gasteiger partial charge in [0.15, 0.2) is 0 Å². The van der Waals surface area contributed by atoms with Crippen molar-refractivity contribution >= 4 is 11.9 Å². The van der Waals surface area contributed by atoms with Crippen molar-refractivity contribution in [2.24, 2.45) is 0 Å². The second-order valence-electron chi connectivity index (χ2n) is 4.37. The average molecular weight is 284 g/mol. The van der Waals surface area contributed by atoms with Gasteiger partial charge in [-0.05, 0) is 20.8 Å². The average Bonchev–Trinajstić information content (AvgIpc) is 2.27. The molecule has 0 rings (SSSR count). The fourth-order valence-electron chi connectivity index (χ4n) is 0.762. The van der Waals surface area contributed by atoms with Crippen LogP contribution in [0.5, 0.6) is 0 Å². The van der Waals surface area contributed by atoms with Crippen LogP contribution in [0, 0.1) is 24.7 Å². The number of aliphatic carboxylic acids is 1. The molecule has 0 aromatic heterocycles. The standard InChI is InChI=1S/C9H14O3.C5H6O3/c1-5-6-11-7-8(10)12-9(2,3)4;1-2-3-8-4-5(6)7/h1H,6-7H2,2-4H3;1H,3-4H2,(H,6,7). The predicted molar refractivity (Wildman–Crippen MR) is 72.8 cm³/mol. The van der Waals surface area contributed by atoms with Gasteiger partial charge in [0.25, 0.3) is 0 Å². The first-order valence-corrected chi connectivity index (χ1v) is 5.69. The number of terminal acetylenes is 2. The predicted octanol–water partition coefficient (Wildman–Crippen LogP) is 0.699. The van der Waals surface area contributed by atoms with E-state index in [1.165, 1.54) is 0 Å². The summed E-state index contributed by atoms with van der Waals surface area (Å²) in [5.74, 6) is 3.00. The fraction of sp³-hybridized carbons (Fsp3) is 0.571. The second kappa shape index (κ2) is 12.0. The maximum absolute atomic E-state index is 10.9. The molecule has 0 aromatic carbocycles. The molecule has 0 radical (unpaired) electrons. The lowest BCUT2D eigenvalue weighted by atomic mass is 10.2. The molecule has 0 bridgehead atoms. The number of hydrogen-bond acceptors (Lipinski definition) is 5. The van der Waals surface area contributed by atoms with Gasteiger partial charge in [0.1, 0.15) is 32.0 Å². The number of esters is 1. The van der Waals surface area contributed by atoms with E-state index in [4.69, 9.17) is 27.4 Å². The third-order valence-electron chi connectivity index (χ3n) is 1.24. The summed E-state index contributed by atoms with van der Waals surface area (Å²) >= 11 is 0. The lowest BCUT2D eigenvalue weighted by Crippen LogP contribution is -2.26. The largest absolute Gasteiger partial charge is 0.480 e. The molecule has 0 saturated carbocycles. The molecule has 6 heteroatoms. The summed E-state index contributed by atoms with van der Waals surface area (Å²) in [6.07, 6.45) is 9.66. The van der Waals surface area contributed by atoms with E-state index in [9.17, 15) is 9.59 Å². The zero-order valence-corrected chi connectivity index (χ0v) is 12.0. The van der Waals surface area contributed by atoms with Gasteiger partial charge in [-0.25, -0.2) is 9.59 Å². The number of hydrogen-bond donors (Lipinski definition) is 1. The molecule has 112 valence electrons. The van der Waals surface area contributed by atoms with Crippen LogP contribution in [0.1, 0.15) is 20.8 Å². The van der Waals surface area contributed by atoms with Gasteiger partial charge in [-0.2, -0.15) is 0 Å². The molecule has 6 nitrogen and oxygen atoms in total. The van der Waals surface area contributed by atoms with Crippen molar-refractivity contribution in [3.63, 3.8) is 0 Å². The van der Waals surface area contributed by atoms with Crippen LogP contribution in [0.3, 0.4) is 0 Å². The van der Waals surface area contributed by atoms with Crippen LogP contribution in [0.25, 0.3) is 0 Å². The fourth-order valence-corrected chi connectivity index (χ4v) is 0.762. The SMILES string of the molecule is C#CCOCC(=O)O.C#CCOCC(=O)OC(C)(C)C. The van der Waals surface area contributed by atoms with Crippen LogP contribution in [-0.4, -0.2) is 49.1 Å². The van der Waals surface area contributed by atoms with E-state index in [2.05, 4.69) is 16.6 Å². The Hall–Kier alpha value is -2.02. The molecule has 0 heterocycles. The van der Waals surface area contributed by atoms with Crippen molar-refractivity contribution in [2.75, 3.05) is 26.4 Å². The molecule has 0 aliphatic heterocycles. The highest BCUT2D eigenvalue weighted by molar-refractivity contribution is 5.71. The first-order valence-electron chi connectivity index (χ1n) is 5.69. The summed E-state index contributed by atoms with van der Waals surface area (Å²) in [5.41, 5.74) is -0.462. The monoisotopic (exact) mass is 284 g/mol. The molecule has 0 atom stereocenters. The van der Waals surface area contributed by atoms with Gasteiger partial charge in [0, 0.05) is 0 Å².